The van der Waals surface area contributed by atoms with E-state index in [1.807, 2.05) is 0 Å². The van der Waals surface area contributed by atoms with Gasteiger partial charge in [0.1, 0.15) is 0 Å². The smallest absolute Gasteiger partial charge is 0.0502 e. The van der Waals surface area contributed by atoms with Crippen molar-refractivity contribution in [2.45, 2.75) is 34.0 Å². The molecule has 2 unspecified atom stereocenters. The first-order valence-electron chi connectivity index (χ1n) is 6.04. The molecule has 0 nitrogen and oxygen atoms in total. The summed E-state index contributed by atoms with van der Waals surface area (Å²) in [4.78, 5) is 0. The normalized spacial score (nSPS) is 26.6. The molecular formula is C14H21B2. The van der Waals surface area contributed by atoms with Gasteiger partial charge in [-0.05, 0) is 17.8 Å². The standard InChI is InChI=1S/C13H18.CH3B2/c1-13(2,3)12-8-10-6-4-5-7-11(10)9-12;1-3-2/h4-8,10-11H,9H2,1-3H3;1H3. The molecule has 0 amide bonds. The van der Waals surface area contributed by atoms with Crippen LogP contribution in [0.15, 0.2) is 36.0 Å². The largest absolute Gasteiger partial charge is 0.101 e. The summed E-state index contributed by atoms with van der Waals surface area (Å²) in [6.07, 6.45) is 12.7. The lowest BCUT2D eigenvalue weighted by molar-refractivity contribution is 0.472. The van der Waals surface area contributed by atoms with Gasteiger partial charge < -0.3 is 0 Å². The van der Waals surface area contributed by atoms with Gasteiger partial charge in [0.15, 0.2) is 0 Å². The van der Waals surface area contributed by atoms with Crippen LogP contribution in [-0.2, 0) is 0 Å². The maximum atomic E-state index is 4.72. The third-order valence-corrected chi connectivity index (χ3v) is 3.11. The summed E-state index contributed by atoms with van der Waals surface area (Å²) in [7, 11) is 6.22. The predicted molar refractivity (Wildman–Crippen MR) is 74.8 cm³/mol. The van der Waals surface area contributed by atoms with Crippen LogP contribution in [0.4, 0.5) is 0 Å². The highest BCUT2D eigenvalue weighted by Gasteiger charge is 2.30. The average Bonchev–Trinajstić information content (AvgIpc) is 2.61. The third-order valence-electron chi connectivity index (χ3n) is 3.11. The van der Waals surface area contributed by atoms with Crippen LogP contribution in [0, 0.1) is 17.3 Å². The van der Waals surface area contributed by atoms with Crippen LogP contribution in [0.5, 0.6) is 0 Å². The monoisotopic (exact) mass is 211 g/mol. The minimum absolute atomic E-state index is 0.360. The minimum atomic E-state index is 0.360. The molecule has 2 atom stereocenters. The number of allylic oxidation sites excluding steroid dienone is 6. The van der Waals surface area contributed by atoms with E-state index in [1.165, 1.54) is 13.6 Å². The van der Waals surface area contributed by atoms with Gasteiger partial charge in [-0.2, -0.15) is 0 Å². The molecule has 0 fully saturated rings. The van der Waals surface area contributed by atoms with E-state index in [9.17, 15) is 0 Å². The second-order valence-electron chi connectivity index (χ2n) is 5.49. The van der Waals surface area contributed by atoms with Crippen molar-refractivity contribution in [3.05, 3.63) is 36.0 Å². The molecule has 0 saturated heterocycles. The Balaban J connectivity index is 0.000000386. The first-order valence-corrected chi connectivity index (χ1v) is 6.04. The maximum Gasteiger partial charge on any atom is 0.0502 e. The molecule has 0 spiro atoms. The molecular weight excluding hydrogens is 190 g/mol. The molecule has 2 aliphatic rings. The van der Waals surface area contributed by atoms with E-state index < -0.39 is 0 Å². The Bertz CT molecular complexity index is 305. The Morgan fingerprint density at radius 1 is 1.25 bits per heavy atom. The summed E-state index contributed by atoms with van der Waals surface area (Å²) in [6, 6.07) is 0. The van der Waals surface area contributed by atoms with Crippen molar-refractivity contribution in [2.24, 2.45) is 17.3 Å². The molecule has 0 aromatic heterocycles. The zero-order valence-corrected chi connectivity index (χ0v) is 10.9. The second kappa shape index (κ2) is 5.61. The minimum Gasteiger partial charge on any atom is -0.101 e. The topological polar surface area (TPSA) is 0 Å². The lowest BCUT2D eigenvalue weighted by Gasteiger charge is -2.21. The summed E-state index contributed by atoms with van der Waals surface area (Å²) in [5, 5.41) is 0. The average molecular weight is 211 g/mol. The fourth-order valence-electron chi connectivity index (χ4n) is 2.16. The molecule has 83 valence electrons. The van der Waals surface area contributed by atoms with Crippen LogP contribution in [0.3, 0.4) is 0 Å². The molecule has 0 bridgehead atoms. The summed E-state index contributed by atoms with van der Waals surface area (Å²) in [5.74, 6) is 1.43. The van der Waals surface area contributed by atoms with E-state index in [-0.39, 0.29) is 0 Å². The maximum absolute atomic E-state index is 4.72. The van der Waals surface area contributed by atoms with E-state index in [0.29, 0.717) is 11.3 Å². The Morgan fingerprint density at radius 3 is 2.31 bits per heavy atom. The molecule has 0 aromatic carbocycles. The zero-order chi connectivity index (χ0) is 12.2. The van der Waals surface area contributed by atoms with Gasteiger partial charge in [0.05, 0.1) is 7.17 Å². The van der Waals surface area contributed by atoms with Crippen molar-refractivity contribution in [1.29, 1.82) is 0 Å². The van der Waals surface area contributed by atoms with Gasteiger partial charge >= 0.3 is 0 Å². The van der Waals surface area contributed by atoms with E-state index in [0.717, 1.165) is 5.92 Å². The van der Waals surface area contributed by atoms with Gasteiger partial charge in [-0.25, -0.2) is 0 Å². The predicted octanol–water partition coefficient (Wildman–Crippen LogP) is 3.54. The first kappa shape index (κ1) is 13.4. The van der Waals surface area contributed by atoms with Crippen molar-refractivity contribution < 1.29 is 0 Å². The van der Waals surface area contributed by atoms with Gasteiger partial charge in [0.25, 0.3) is 0 Å². The van der Waals surface area contributed by atoms with Crippen molar-refractivity contribution in [1.82, 2.24) is 0 Å². The Morgan fingerprint density at radius 2 is 1.81 bits per heavy atom. The van der Waals surface area contributed by atoms with Crippen molar-refractivity contribution in [3.63, 3.8) is 0 Å². The van der Waals surface area contributed by atoms with Crippen LogP contribution in [0.1, 0.15) is 27.2 Å². The van der Waals surface area contributed by atoms with Crippen LogP contribution >= 0.6 is 0 Å². The highest BCUT2D eigenvalue weighted by atomic mass is 14.3. The highest BCUT2D eigenvalue weighted by Crippen LogP contribution is 2.42. The molecule has 0 heterocycles. The lowest BCUT2D eigenvalue weighted by atomic mass is 9.59. The summed E-state index contributed by atoms with van der Waals surface area (Å²) >= 11 is 0. The SMILES string of the molecule is CC(C)(C)C1=CC2C=CC=CC2C1.[B][B]C. The van der Waals surface area contributed by atoms with E-state index >= 15 is 0 Å². The zero-order valence-electron chi connectivity index (χ0n) is 10.9. The summed E-state index contributed by atoms with van der Waals surface area (Å²) < 4.78 is 0. The molecule has 2 aliphatic carbocycles. The Kier molecular flexibility index (Phi) is 4.70. The van der Waals surface area contributed by atoms with Crippen molar-refractivity contribution >= 4 is 14.9 Å². The lowest BCUT2D eigenvalue weighted by Crippen LogP contribution is -2.09. The number of hydrogen-bond acceptors (Lipinski definition) is 0. The molecule has 3 radical (unpaired) electrons. The molecule has 0 saturated carbocycles. The van der Waals surface area contributed by atoms with Crippen LogP contribution < -0.4 is 0 Å². The third kappa shape index (κ3) is 3.43. The molecule has 2 rings (SSSR count). The first-order chi connectivity index (χ1) is 7.49. The Hall–Kier alpha value is -0.650. The van der Waals surface area contributed by atoms with E-state index in [1.54, 1.807) is 12.4 Å². The van der Waals surface area contributed by atoms with Crippen LogP contribution in [0.2, 0.25) is 6.82 Å². The van der Waals surface area contributed by atoms with E-state index in [4.69, 9.17) is 7.74 Å². The van der Waals surface area contributed by atoms with Crippen LogP contribution in [-0.4, -0.2) is 14.9 Å². The summed E-state index contributed by atoms with van der Waals surface area (Å²) in [6.45, 7) is 8.71. The Labute approximate surface area is 103 Å². The van der Waals surface area contributed by atoms with Gasteiger partial charge in [0, 0.05) is 13.7 Å². The fourth-order valence-corrected chi connectivity index (χ4v) is 2.16. The second-order valence-corrected chi connectivity index (χ2v) is 5.49. The molecule has 0 N–H and O–H groups in total. The molecule has 0 aliphatic heterocycles. The van der Waals surface area contributed by atoms with Crippen molar-refractivity contribution in [3.8, 4) is 0 Å². The molecule has 16 heavy (non-hydrogen) atoms. The van der Waals surface area contributed by atoms with Gasteiger partial charge in [-0.15, -0.1) is 6.82 Å². The quantitative estimate of drug-likeness (QED) is 0.424. The molecule has 2 heteroatoms. The van der Waals surface area contributed by atoms with Gasteiger partial charge in [0.2, 0.25) is 0 Å². The highest BCUT2D eigenvalue weighted by molar-refractivity contribution is 6.88. The van der Waals surface area contributed by atoms with E-state index in [2.05, 4.69) is 51.2 Å². The van der Waals surface area contributed by atoms with Gasteiger partial charge in [-0.3, -0.25) is 0 Å². The van der Waals surface area contributed by atoms with Gasteiger partial charge in [-0.1, -0.05) is 56.7 Å². The van der Waals surface area contributed by atoms with Crippen molar-refractivity contribution in [2.75, 3.05) is 0 Å². The molecule has 0 aromatic rings. The number of hydrogen-bond donors (Lipinski definition) is 0. The number of fused-ring (bicyclic) bond motifs is 1. The van der Waals surface area contributed by atoms with Crippen LogP contribution in [0.25, 0.3) is 0 Å². The fraction of sp³-hybridized carbons (Fsp3) is 0.571. The summed E-state index contributed by atoms with van der Waals surface area (Å²) in [5.41, 5.74) is 1.98. The number of rotatable bonds is 0.